The van der Waals surface area contributed by atoms with Crippen LogP contribution >= 0.6 is 23.2 Å². The van der Waals surface area contributed by atoms with Crippen LogP contribution in [0.15, 0.2) is 18.2 Å². The summed E-state index contributed by atoms with van der Waals surface area (Å²) in [4.78, 5) is 17.0. The first-order valence-electron chi connectivity index (χ1n) is 8.14. The van der Waals surface area contributed by atoms with Crippen LogP contribution in [0.25, 0.3) is 0 Å². The van der Waals surface area contributed by atoms with E-state index in [4.69, 9.17) is 23.2 Å². The van der Waals surface area contributed by atoms with Crippen LogP contribution in [-0.4, -0.2) is 61.5 Å². The average Bonchev–Trinajstić information content (AvgIpc) is 2.94. The largest absolute Gasteiger partial charge is 0.336 e. The van der Waals surface area contributed by atoms with E-state index in [1.165, 1.54) is 6.42 Å². The number of carbonyl (C=O) groups excluding carboxylic acids is 1. The standard InChI is InChI=1S/C17H23Cl2N3O/c1-17(4-5-20-11-17)12-21-6-8-22(9-7-21)16(23)14-3-2-13(18)10-15(14)19/h2-3,10,20H,4-9,11-12H2,1H3. The van der Waals surface area contributed by atoms with Crippen molar-refractivity contribution in [2.45, 2.75) is 13.3 Å². The van der Waals surface area contributed by atoms with Crippen molar-refractivity contribution in [3.05, 3.63) is 33.8 Å². The third kappa shape index (κ3) is 4.00. The third-order valence-corrected chi connectivity index (χ3v) is 5.43. The second-order valence-electron chi connectivity index (χ2n) is 6.93. The average molecular weight is 356 g/mol. The SMILES string of the molecule is CC1(CN2CCN(C(=O)c3ccc(Cl)cc3Cl)CC2)CCNC1. The number of halogens is 2. The van der Waals surface area contributed by atoms with Gasteiger partial charge in [-0.05, 0) is 36.6 Å². The van der Waals surface area contributed by atoms with E-state index < -0.39 is 0 Å². The van der Waals surface area contributed by atoms with Crippen molar-refractivity contribution >= 4 is 29.1 Å². The molecular formula is C17H23Cl2N3O. The summed E-state index contributed by atoms with van der Waals surface area (Å²) in [5, 5.41) is 4.42. The first kappa shape index (κ1) is 17.0. The minimum atomic E-state index is 0.0000569. The van der Waals surface area contributed by atoms with Crippen LogP contribution in [0, 0.1) is 5.41 Å². The monoisotopic (exact) mass is 355 g/mol. The molecule has 1 N–H and O–H groups in total. The van der Waals surface area contributed by atoms with Crippen LogP contribution in [0.2, 0.25) is 10.0 Å². The maximum absolute atomic E-state index is 12.6. The molecular weight excluding hydrogens is 333 g/mol. The van der Waals surface area contributed by atoms with Crippen molar-refractivity contribution in [3.8, 4) is 0 Å². The van der Waals surface area contributed by atoms with Gasteiger partial charge in [-0.25, -0.2) is 0 Å². The Balaban J connectivity index is 1.57. The number of piperazine rings is 1. The van der Waals surface area contributed by atoms with Crippen molar-refractivity contribution in [3.63, 3.8) is 0 Å². The van der Waals surface area contributed by atoms with Gasteiger partial charge in [0.2, 0.25) is 0 Å². The Labute approximate surface area is 147 Å². The van der Waals surface area contributed by atoms with Gasteiger partial charge in [0.15, 0.2) is 0 Å². The first-order valence-corrected chi connectivity index (χ1v) is 8.90. The zero-order chi connectivity index (χ0) is 16.4. The maximum Gasteiger partial charge on any atom is 0.255 e. The van der Waals surface area contributed by atoms with Crippen molar-refractivity contribution in [1.29, 1.82) is 0 Å². The molecule has 0 aliphatic carbocycles. The van der Waals surface area contributed by atoms with Crippen LogP contribution in [0.1, 0.15) is 23.7 Å². The molecule has 0 spiro atoms. The lowest BCUT2D eigenvalue weighted by molar-refractivity contribution is 0.0582. The molecule has 2 saturated heterocycles. The van der Waals surface area contributed by atoms with Crippen molar-refractivity contribution in [1.82, 2.24) is 15.1 Å². The highest BCUT2D eigenvalue weighted by Gasteiger charge is 2.32. The topological polar surface area (TPSA) is 35.6 Å². The number of benzene rings is 1. The number of nitrogens with zero attached hydrogens (tertiary/aromatic N) is 2. The zero-order valence-corrected chi connectivity index (χ0v) is 15.0. The predicted octanol–water partition coefficient (Wildman–Crippen LogP) is 2.75. The smallest absolute Gasteiger partial charge is 0.255 e. The fraction of sp³-hybridized carbons (Fsp3) is 0.588. The Kier molecular flexibility index (Phi) is 5.16. The highest BCUT2D eigenvalue weighted by molar-refractivity contribution is 6.36. The van der Waals surface area contributed by atoms with Crippen molar-refractivity contribution in [2.75, 3.05) is 45.8 Å². The van der Waals surface area contributed by atoms with Crippen molar-refractivity contribution < 1.29 is 4.79 Å². The van der Waals surface area contributed by atoms with E-state index in [1.54, 1.807) is 18.2 Å². The highest BCUT2D eigenvalue weighted by Crippen LogP contribution is 2.27. The molecule has 4 nitrogen and oxygen atoms in total. The molecule has 0 radical (unpaired) electrons. The van der Waals surface area contributed by atoms with Crippen LogP contribution in [0.4, 0.5) is 0 Å². The van der Waals surface area contributed by atoms with E-state index in [0.29, 0.717) is 21.0 Å². The number of hydrogen-bond acceptors (Lipinski definition) is 3. The summed E-state index contributed by atoms with van der Waals surface area (Å²) in [6, 6.07) is 5.05. The Morgan fingerprint density at radius 2 is 2.00 bits per heavy atom. The number of carbonyl (C=O) groups is 1. The summed E-state index contributed by atoms with van der Waals surface area (Å²) >= 11 is 12.1. The lowest BCUT2D eigenvalue weighted by atomic mass is 9.89. The van der Waals surface area contributed by atoms with Gasteiger partial charge < -0.3 is 10.2 Å². The Morgan fingerprint density at radius 1 is 1.26 bits per heavy atom. The molecule has 2 fully saturated rings. The minimum Gasteiger partial charge on any atom is -0.336 e. The van der Waals surface area contributed by atoms with E-state index in [0.717, 1.165) is 45.8 Å². The maximum atomic E-state index is 12.6. The van der Waals surface area contributed by atoms with Gasteiger partial charge in [0.1, 0.15) is 0 Å². The molecule has 0 saturated carbocycles. The summed E-state index contributed by atoms with van der Waals surface area (Å²) in [7, 11) is 0. The molecule has 1 atom stereocenters. The molecule has 3 rings (SSSR count). The second-order valence-corrected chi connectivity index (χ2v) is 7.77. The van der Waals surface area contributed by atoms with Gasteiger partial charge >= 0.3 is 0 Å². The van der Waals surface area contributed by atoms with E-state index >= 15 is 0 Å². The molecule has 0 bridgehead atoms. The fourth-order valence-corrected chi connectivity index (χ4v) is 3.98. The van der Waals surface area contributed by atoms with Crippen LogP contribution in [0.3, 0.4) is 0 Å². The third-order valence-electron chi connectivity index (χ3n) is 4.88. The molecule has 2 aliphatic heterocycles. The Hall–Kier alpha value is -0.810. The van der Waals surface area contributed by atoms with Gasteiger partial charge in [0, 0.05) is 44.3 Å². The first-order chi connectivity index (χ1) is 11.0. The predicted molar refractivity (Wildman–Crippen MR) is 94.4 cm³/mol. The summed E-state index contributed by atoms with van der Waals surface area (Å²) in [6.45, 7) is 9.00. The Bertz CT molecular complexity index is 579. The molecule has 6 heteroatoms. The molecule has 23 heavy (non-hydrogen) atoms. The van der Waals surface area contributed by atoms with E-state index in [2.05, 4.69) is 17.1 Å². The molecule has 1 aromatic rings. The summed E-state index contributed by atoms with van der Waals surface area (Å²) < 4.78 is 0. The quantitative estimate of drug-likeness (QED) is 0.905. The molecule has 2 heterocycles. The van der Waals surface area contributed by atoms with E-state index in [1.807, 2.05) is 4.90 Å². The van der Waals surface area contributed by atoms with E-state index in [9.17, 15) is 4.79 Å². The van der Waals surface area contributed by atoms with Crippen LogP contribution in [0.5, 0.6) is 0 Å². The molecule has 1 unspecified atom stereocenters. The second kappa shape index (κ2) is 6.98. The molecule has 2 aliphatic rings. The molecule has 0 aromatic heterocycles. The van der Waals surface area contributed by atoms with Gasteiger partial charge in [-0.3, -0.25) is 9.69 Å². The Morgan fingerprint density at radius 3 is 2.61 bits per heavy atom. The molecule has 1 amide bonds. The highest BCUT2D eigenvalue weighted by atomic mass is 35.5. The number of nitrogens with one attached hydrogen (secondary N) is 1. The van der Waals surface area contributed by atoms with Gasteiger partial charge in [-0.1, -0.05) is 30.1 Å². The normalized spacial score (nSPS) is 25.8. The minimum absolute atomic E-state index is 0.0000569. The van der Waals surface area contributed by atoms with Gasteiger partial charge in [-0.15, -0.1) is 0 Å². The summed E-state index contributed by atoms with van der Waals surface area (Å²) in [5.74, 6) is 0.0000569. The van der Waals surface area contributed by atoms with Crippen molar-refractivity contribution in [2.24, 2.45) is 5.41 Å². The van der Waals surface area contributed by atoms with Crippen LogP contribution in [-0.2, 0) is 0 Å². The molecule has 126 valence electrons. The summed E-state index contributed by atoms with van der Waals surface area (Å²) in [6.07, 6.45) is 1.23. The van der Waals surface area contributed by atoms with E-state index in [-0.39, 0.29) is 5.91 Å². The van der Waals surface area contributed by atoms with Gasteiger partial charge in [0.05, 0.1) is 10.6 Å². The fourth-order valence-electron chi connectivity index (χ4n) is 3.49. The lowest BCUT2D eigenvalue weighted by Gasteiger charge is -2.38. The van der Waals surface area contributed by atoms with Gasteiger partial charge in [-0.2, -0.15) is 0 Å². The number of amides is 1. The number of hydrogen-bond donors (Lipinski definition) is 1. The van der Waals surface area contributed by atoms with Gasteiger partial charge in [0.25, 0.3) is 5.91 Å². The summed E-state index contributed by atoms with van der Waals surface area (Å²) in [5.41, 5.74) is 0.905. The number of rotatable bonds is 3. The lowest BCUT2D eigenvalue weighted by Crippen LogP contribution is -2.51. The van der Waals surface area contributed by atoms with Crippen LogP contribution < -0.4 is 5.32 Å². The molecule has 1 aromatic carbocycles. The zero-order valence-electron chi connectivity index (χ0n) is 13.4.